The first-order valence-electron chi connectivity index (χ1n) is 24.3. The molecular formula is C52H76N6O11. The van der Waals surface area contributed by atoms with Crippen LogP contribution in [0.4, 0.5) is 0 Å². The number of phenolic OH excluding ortho intramolecular Hbond substituents is 1. The third kappa shape index (κ3) is 17.2. The zero-order valence-electron chi connectivity index (χ0n) is 41.1. The number of aliphatic hydroxyl groups excluding tert-OH is 3. The Morgan fingerprint density at radius 1 is 0.667 bits per heavy atom. The van der Waals surface area contributed by atoms with Gasteiger partial charge in [-0.15, -0.1) is 0 Å². The first-order chi connectivity index (χ1) is 32.8. The predicted octanol–water partition coefficient (Wildman–Crippen LogP) is 2.70. The monoisotopic (exact) mass is 961 g/mol. The molecule has 9 atom stereocenters. The largest absolute Gasteiger partial charge is 0.508 e. The molecular weight excluding hydrogens is 885 g/mol. The molecule has 0 aliphatic carbocycles. The fourth-order valence-corrected chi connectivity index (χ4v) is 8.79. The molecule has 4 rings (SSSR count). The molecule has 0 unspecified atom stereocenters. The van der Waals surface area contributed by atoms with Gasteiger partial charge in [0.1, 0.15) is 42.2 Å². The summed E-state index contributed by atoms with van der Waals surface area (Å²) in [4.78, 5) is 68.5. The number of amides is 5. The summed E-state index contributed by atoms with van der Waals surface area (Å²) in [7, 11) is 0. The van der Waals surface area contributed by atoms with Gasteiger partial charge in [0.2, 0.25) is 23.6 Å². The highest BCUT2D eigenvalue weighted by atomic mass is 16.7. The second kappa shape index (κ2) is 27.7. The Morgan fingerprint density at radius 3 is 1.87 bits per heavy atom. The Hall–Kier alpha value is -5.43. The number of hydrogen-bond acceptors (Lipinski definition) is 12. The molecule has 1 aliphatic heterocycles. The van der Waals surface area contributed by atoms with E-state index >= 15 is 0 Å². The number of carbonyl (C=O) groups excluding carboxylic acids is 5. The molecule has 0 aromatic heterocycles. The van der Waals surface area contributed by atoms with E-state index < -0.39 is 84.4 Å². The minimum atomic E-state index is -1.73. The summed E-state index contributed by atoms with van der Waals surface area (Å²) >= 11 is 0. The highest BCUT2D eigenvalue weighted by Crippen LogP contribution is 2.25. The molecule has 0 spiro atoms. The van der Waals surface area contributed by atoms with Gasteiger partial charge in [0.15, 0.2) is 12.4 Å². The zero-order chi connectivity index (χ0) is 50.8. The number of aliphatic hydroxyl groups is 3. The molecule has 1 fully saturated rings. The highest BCUT2D eigenvalue weighted by molar-refractivity contribution is 5.95. The van der Waals surface area contributed by atoms with Gasteiger partial charge in [0, 0.05) is 26.0 Å². The van der Waals surface area contributed by atoms with Crippen LogP contribution in [0.3, 0.4) is 0 Å². The standard InChI is InChI=1S/C52H76N6O11/c1-7-8-9-10-11-17-22-68-52-45(62)43(60)44(61)46(69-52)51(67)55-21-16-15-20-40(56-48(64)39(53)28-37-33(5)25-36(59)26-34(37)6)49(65)58-42(29-38-31(3)23-30(2)24-32(38)4)50(66)57-41(47(54)63)27-35-18-13-12-14-19-35/h12-14,18-19,23-26,39-46,52,59-62H,7-11,15-17,20-22,27-29,53H2,1-6H3,(H2,54,63)(H,55,67)(H,56,64)(H,57,66)(H,58,65)/t39-,40+,41-,42-,43-,44-,45+,46-,52+/m0/s1. The lowest BCUT2D eigenvalue weighted by atomic mass is 9.93. The van der Waals surface area contributed by atoms with E-state index in [1.165, 1.54) is 0 Å². The van der Waals surface area contributed by atoms with E-state index in [1.807, 2.05) is 39.0 Å². The van der Waals surface area contributed by atoms with Gasteiger partial charge in [0.05, 0.1) is 6.04 Å². The number of primary amides is 1. The minimum absolute atomic E-state index is 0.0358. The molecule has 5 amide bonds. The van der Waals surface area contributed by atoms with E-state index in [0.29, 0.717) is 6.42 Å². The highest BCUT2D eigenvalue weighted by Gasteiger charge is 2.47. The van der Waals surface area contributed by atoms with Gasteiger partial charge in [-0.25, -0.2) is 0 Å². The molecule has 0 radical (unpaired) electrons. The van der Waals surface area contributed by atoms with Gasteiger partial charge < -0.3 is 62.6 Å². The summed E-state index contributed by atoms with van der Waals surface area (Å²) in [5.74, 6) is -3.43. The van der Waals surface area contributed by atoms with E-state index in [2.05, 4.69) is 28.2 Å². The van der Waals surface area contributed by atoms with Crippen LogP contribution in [0.25, 0.3) is 0 Å². The lowest BCUT2D eigenvalue weighted by Crippen LogP contribution is -2.62. The average molecular weight is 961 g/mol. The maximum absolute atomic E-state index is 14.5. The smallest absolute Gasteiger partial charge is 0.252 e. The van der Waals surface area contributed by atoms with Crippen molar-refractivity contribution >= 4 is 29.5 Å². The van der Waals surface area contributed by atoms with Crippen LogP contribution < -0.4 is 32.7 Å². The van der Waals surface area contributed by atoms with Gasteiger partial charge in [-0.05, 0) is 118 Å². The van der Waals surface area contributed by atoms with Crippen LogP contribution in [0.5, 0.6) is 5.75 Å². The fourth-order valence-electron chi connectivity index (χ4n) is 8.79. The van der Waals surface area contributed by atoms with E-state index in [0.717, 1.165) is 76.6 Å². The van der Waals surface area contributed by atoms with Gasteiger partial charge in [-0.1, -0.05) is 87.1 Å². The van der Waals surface area contributed by atoms with E-state index in [4.69, 9.17) is 20.9 Å². The average Bonchev–Trinajstić information content (AvgIpc) is 3.29. The van der Waals surface area contributed by atoms with Crippen molar-refractivity contribution in [1.82, 2.24) is 21.3 Å². The third-order valence-corrected chi connectivity index (χ3v) is 12.7. The number of nitrogens with two attached hydrogens (primary N) is 2. The van der Waals surface area contributed by atoms with Crippen LogP contribution in [-0.2, 0) is 52.7 Å². The SMILES string of the molecule is CCCCCCCCO[C@@H]1O[C@H](C(=O)NCCCC[C@@H](NC(=O)[C@@H](N)Cc2c(C)cc(O)cc2C)C(=O)N[C@@H](Cc2c(C)cc(C)cc2C)C(=O)N[C@@H](Cc2ccccc2)C(N)=O)[C@@H](O)[C@H](O)[C@H]1O. The summed E-state index contributed by atoms with van der Waals surface area (Å²) in [6, 6.07) is 11.5. The number of unbranched alkanes of at least 4 members (excludes halogenated alkanes) is 6. The normalized spacial score (nSPS) is 19.7. The molecule has 69 heavy (non-hydrogen) atoms. The molecule has 3 aromatic carbocycles. The Kier molecular flexibility index (Phi) is 22.5. The van der Waals surface area contributed by atoms with Crippen molar-refractivity contribution in [3.63, 3.8) is 0 Å². The maximum Gasteiger partial charge on any atom is 0.252 e. The van der Waals surface area contributed by atoms with Crippen molar-refractivity contribution in [2.24, 2.45) is 11.5 Å². The third-order valence-electron chi connectivity index (χ3n) is 12.7. The number of ether oxygens (including phenoxy) is 2. The molecule has 3 aromatic rings. The van der Waals surface area contributed by atoms with Crippen molar-refractivity contribution in [2.75, 3.05) is 13.2 Å². The molecule has 1 aliphatic rings. The zero-order valence-corrected chi connectivity index (χ0v) is 41.1. The molecule has 380 valence electrons. The summed E-state index contributed by atoms with van der Waals surface area (Å²) in [6.45, 7) is 11.8. The second-order valence-corrected chi connectivity index (χ2v) is 18.5. The minimum Gasteiger partial charge on any atom is -0.508 e. The quantitative estimate of drug-likeness (QED) is 0.0494. The molecule has 1 saturated heterocycles. The van der Waals surface area contributed by atoms with Gasteiger partial charge in [-0.2, -0.15) is 0 Å². The Bertz CT molecular complexity index is 2130. The molecule has 17 nitrogen and oxygen atoms in total. The lowest BCUT2D eigenvalue weighted by molar-refractivity contribution is -0.290. The van der Waals surface area contributed by atoms with Gasteiger partial charge in [0.25, 0.3) is 5.91 Å². The second-order valence-electron chi connectivity index (χ2n) is 18.5. The van der Waals surface area contributed by atoms with Crippen molar-refractivity contribution in [3.05, 3.63) is 99.1 Å². The van der Waals surface area contributed by atoms with E-state index in [-0.39, 0.29) is 57.4 Å². The van der Waals surface area contributed by atoms with E-state index in [9.17, 15) is 44.4 Å². The molecule has 12 N–H and O–H groups in total. The molecule has 0 bridgehead atoms. The van der Waals surface area contributed by atoms with Crippen LogP contribution in [0.2, 0.25) is 0 Å². The molecule has 1 heterocycles. The van der Waals surface area contributed by atoms with Crippen molar-refractivity contribution in [3.8, 4) is 5.75 Å². The van der Waals surface area contributed by atoms with Gasteiger partial charge in [-0.3, -0.25) is 24.0 Å². The van der Waals surface area contributed by atoms with Gasteiger partial charge >= 0.3 is 0 Å². The first-order valence-corrected chi connectivity index (χ1v) is 24.3. The van der Waals surface area contributed by atoms with Crippen LogP contribution in [0, 0.1) is 34.6 Å². The van der Waals surface area contributed by atoms with Crippen molar-refractivity contribution in [1.29, 1.82) is 0 Å². The Balaban J connectivity index is 1.50. The van der Waals surface area contributed by atoms with Crippen LogP contribution in [0.15, 0.2) is 54.6 Å². The number of rotatable bonds is 27. The fraction of sp³-hybridized carbons (Fsp3) is 0.558. The summed E-state index contributed by atoms with van der Waals surface area (Å²) in [5.41, 5.74) is 18.8. The van der Waals surface area contributed by atoms with Crippen LogP contribution >= 0.6 is 0 Å². The number of phenols is 1. The summed E-state index contributed by atoms with van der Waals surface area (Å²) < 4.78 is 11.3. The Morgan fingerprint density at radius 2 is 1.23 bits per heavy atom. The van der Waals surface area contributed by atoms with Crippen molar-refractivity contribution < 1.29 is 53.9 Å². The lowest BCUT2D eigenvalue weighted by Gasteiger charge is -2.39. The Labute approximate surface area is 406 Å². The van der Waals surface area contributed by atoms with E-state index in [1.54, 1.807) is 50.2 Å². The van der Waals surface area contributed by atoms with Crippen LogP contribution in [0.1, 0.15) is 109 Å². The summed E-state index contributed by atoms with van der Waals surface area (Å²) in [5, 5.41) is 52.9. The topological polar surface area (TPSA) is 285 Å². The predicted molar refractivity (Wildman–Crippen MR) is 262 cm³/mol. The molecule has 17 heteroatoms. The molecule has 0 saturated carbocycles. The number of benzene rings is 3. The van der Waals surface area contributed by atoms with Crippen LogP contribution in [-0.4, -0.2) is 118 Å². The summed E-state index contributed by atoms with van der Waals surface area (Å²) in [6.07, 6.45) is -1.04. The number of carbonyl (C=O) groups is 5. The number of nitrogens with one attached hydrogen (secondary N) is 4. The number of aromatic hydroxyl groups is 1. The first kappa shape index (κ1) is 56.2. The number of aryl methyl sites for hydroxylation is 5. The number of hydrogen-bond donors (Lipinski definition) is 10. The maximum atomic E-state index is 14.5. The van der Waals surface area contributed by atoms with Crippen molar-refractivity contribution in [2.45, 2.75) is 173 Å².